The van der Waals surface area contributed by atoms with Crippen molar-refractivity contribution in [3.05, 3.63) is 65.0 Å². The third-order valence-electron chi connectivity index (χ3n) is 3.47. The zero-order valence-electron chi connectivity index (χ0n) is 12.8. The van der Waals surface area contributed by atoms with Crippen molar-refractivity contribution in [3.8, 4) is 11.3 Å². The maximum atomic E-state index is 12.6. The normalized spacial score (nSPS) is 11.8. The van der Waals surface area contributed by atoms with E-state index in [1.807, 2.05) is 68.4 Å². The average Bonchev–Trinajstić information content (AvgIpc) is 2.50. The highest BCUT2D eigenvalue weighted by Crippen LogP contribution is 2.24. The largest absolute Gasteiger partial charge is 0.324 e. The predicted molar refractivity (Wildman–Crippen MR) is 89.7 cm³/mol. The highest BCUT2D eigenvalue weighted by molar-refractivity contribution is 5.93. The fourth-order valence-electron chi connectivity index (χ4n) is 2.54. The summed E-state index contributed by atoms with van der Waals surface area (Å²) in [5, 5.41) is 6.11. The van der Waals surface area contributed by atoms with Gasteiger partial charge in [-0.25, -0.2) is 4.68 Å². The molecule has 4 nitrogen and oxygen atoms in total. The van der Waals surface area contributed by atoms with Gasteiger partial charge in [-0.15, -0.1) is 0 Å². The van der Waals surface area contributed by atoms with Crippen LogP contribution < -0.4 is 11.3 Å². The van der Waals surface area contributed by atoms with Crippen LogP contribution in [0.25, 0.3) is 22.0 Å². The first-order chi connectivity index (χ1) is 10.5. The second-order valence-corrected chi connectivity index (χ2v) is 6.21. The minimum Gasteiger partial charge on any atom is -0.324 e. The molecule has 1 aromatic heterocycles. The van der Waals surface area contributed by atoms with Crippen molar-refractivity contribution in [1.29, 1.82) is 0 Å². The van der Waals surface area contributed by atoms with Gasteiger partial charge in [0.05, 0.1) is 17.6 Å². The molecule has 1 heterocycles. The molecule has 3 aromatic rings. The summed E-state index contributed by atoms with van der Waals surface area (Å²) in [5.41, 5.74) is 7.25. The molecule has 0 aliphatic rings. The molecular formula is C18H19N3O. The number of nitrogens with zero attached hydrogens (tertiary/aromatic N) is 2. The highest BCUT2D eigenvalue weighted by Gasteiger charge is 2.17. The Morgan fingerprint density at radius 3 is 2.23 bits per heavy atom. The number of hydrogen-bond acceptors (Lipinski definition) is 3. The maximum absolute atomic E-state index is 12.6. The van der Waals surface area contributed by atoms with Crippen LogP contribution in [-0.2, 0) is 6.54 Å². The molecule has 22 heavy (non-hydrogen) atoms. The quantitative estimate of drug-likeness (QED) is 0.807. The van der Waals surface area contributed by atoms with Crippen molar-refractivity contribution in [2.45, 2.75) is 25.9 Å². The van der Waals surface area contributed by atoms with Crippen LogP contribution in [0.1, 0.15) is 13.8 Å². The molecule has 0 aliphatic heterocycles. The summed E-state index contributed by atoms with van der Waals surface area (Å²) in [7, 11) is 0. The Hall–Kier alpha value is -2.46. The minimum atomic E-state index is -0.507. The van der Waals surface area contributed by atoms with Crippen LogP contribution in [0.3, 0.4) is 0 Å². The van der Waals surface area contributed by atoms with E-state index in [9.17, 15) is 4.79 Å². The first-order valence-corrected chi connectivity index (χ1v) is 7.30. The van der Waals surface area contributed by atoms with Gasteiger partial charge in [-0.2, -0.15) is 5.10 Å². The molecule has 0 saturated heterocycles. The lowest BCUT2D eigenvalue weighted by molar-refractivity contribution is 0.399. The van der Waals surface area contributed by atoms with Crippen molar-refractivity contribution in [1.82, 2.24) is 9.78 Å². The van der Waals surface area contributed by atoms with Crippen molar-refractivity contribution in [2.75, 3.05) is 0 Å². The Morgan fingerprint density at radius 1 is 1.00 bits per heavy atom. The molecule has 112 valence electrons. The van der Waals surface area contributed by atoms with E-state index in [2.05, 4.69) is 5.10 Å². The smallest absolute Gasteiger partial charge is 0.274 e. The topological polar surface area (TPSA) is 60.9 Å². The van der Waals surface area contributed by atoms with Gasteiger partial charge in [-0.1, -0.05) is 48.5 Å². The first kappa shape index (κ1) is 14.5. The number of rotatable bonds is 3. The Bertz CT molecular complexity index is 861. The molecule has 0 unspecified atom stereocenters. The molecule has 0 fully saturated rings. The summed E-state index contributed by atoms with van der Waals surface area (Å²) in [5.74, 6) is 0. The molecule has 0 amide bonds. The van der Waals surface area contributed by atoms with Gasteiger partial charge < -0.3 is 5.73 Å². The number of aromatic nitrogens is 2. The number of hydrogen-bond donors (Lipinski definition) is 1. The Labute approximate surface area is 129 Å². The van der Waals surface area contributed by atoms with Crippen LogP contribution in [0.4, 0.5) is 0 Å². The van der Waals surface area contributed by atoms with Crippen molar-refractivity contribution in [2.24, 2.45) is 5.73 Å². The molecule has 0 spiro atoms. The van der Waals surface area contributed by atoms with Gasteiger partial charge in [0.1, 0.15) is 0 Å². The van der Waals surface area contributed by atoms with E-state index in [1.54, 1.807) is 0 Å². The molecule has 0 atom stereocenters. The van der Waals surface area contributed by atoms with Gasteiger partial charge in [0.2, 0.25) is 0 Å². The Balaban J connectivity index is 2.31. The standard InChI is InChI=1S/C18H19N3O/c1-18(2,19)12-21-17(22)15-11-7-6-10-14(15)16(20-21)13-8-4-3-5-9-13/h3-11H,12,19H2,1-2H3. The second kappa shape index (κ2) is 5.39. The lowest BCUT2D eigenvalue weighted by atomic mass is 10.0. The third kappa shape index (κ3) is 2.78. The van der Waals surface area contributed by atoms with E-state index >= 15 is 0 Å². The summed E-state index contributed by atoms with van der Waals surface area (Å²) in [4.78, 5) is 12.6. The molecule has 0 bridgehead atoms. The van der Waals surface area contributed by atoms with Gasteiger partial charge >= 0.3 is 0 Å². The lowest BCUT2D eigenvalue weighted by Crippen LogP contribution is -2.41. The predicted octanol–water partition coefficient (Wildman–Crippen LogP) is 2.80. The molecule has 4 heteroatoms. The summed E-state index contributed by atoms with van der Waals surface area (Å²) >= 11 is 0. The van der Waals surface area contributed by atoms with Gasteiger partial charge in [-0.05, 0) is 19.9 Å². The summed E-state index contributed by atoms with van der Waals surface area (Å²) < 4.78 is 1.48. The van der Waals surface area contributed by atoms with Crippen molar-refractivity contribution < 1.29 is 0 Å². The van der Waals surface area contributed by atoms with Crippen LogP contribution in [-0.4, -0.2) is 15.3 Å². The van der Waals surface area contributed by atoms with Crippen LogP contribution >= 0.6 is 0 Å². The van der Waals surface area contributed by atoms with E-state index in [-0.39, 0.29) is 5.56 Å². The molecule has 2 N–H and O–H groups in total. The number of benzene rings is 2. The Morgan fingerprint density at radius 2 is 1.59 bits per heavy atom. The van der Waals surface area contributed by atoms with Crippen molar-refractivity contribution in [3.63, 3.8) is 0 Å². The zero-order valence-corrected chi connectivity index (χ0v) is 12.8. The average molecular weight is 293 g/mol. The van der Waals surface area contributed by atoms with Gasteiger partial charge in [0, 0.05) is 16.5 Å². The van der Waals surface area contributed by atoms with Gasteiger partial charge in [0.15, 0.2) is 0 Å². The van der Waals surface area contributed by atoms with Crippen LogP contribution in [0.2, 0.25) is 0 Å². The van der Waals surface area contributed by atoms with E-state index in [0.29, 0.717) is 11.9 Å². The van der Waals surface area contributed by atoms with E-state index in [1.165, 1.54) is 4.68 Å². The molecule has 0 saturated carbocycles. The molecular weight excluding hydrogens is 274 g/mol. The number of fused-ring (bicyclic) bond motifs is 1. The third-order valence-corrected chi connectivity index (χ3v) is 3.47. The summed E-state index contributed by atoms with van der Waals surface area (Å²) in [6, 6.07) is 17.5. The summed E-state index contributed by atoms with van der Waals surface area (Å²) in [6.07, 6.45) is 0. The van der Waals surface area contributed by atoms with E-state index in [4.69, 9.17) is 5.73 Å². The van der Waals surface area contributed by atoms with Crippen LogP contribution in [0.15, 0.2) is 59.4 Å². The fraction of sp³-hybridized carbons (Fsp3) is 0.222. The lowest BCUT2D eigenvalue weighted by Gasteiger charge is -2.20. The molecule has 3 rings (SSSR count). The minimum absolute atomic E-state index is 0.103. The van der Waals surface area contributed by atoms with Crippen LogP contribution in [0.5, 0.6) is 0 Å². The van der Waals surface area contributed by atoms with Crippen molar-refractivity contribution >= 4 is 10.8 Å². The zero-order chi connectivity index (χ0) is 15.7. The first-order valence-electron chi connectivity index (χ1n) is 7.30. The van der Waals surface area contributed by atoms with Gasteiger partial charge in [0.25, 0.3) is 5.56 Å². The monoisotopic (exact) mass is 293 g/mol. The summed E-state index contributed by atoms with van der Waals surface area (Å²) in [6.45, 7) is 4.15. The maximum Gasteiger partial charge on any atom is 0.274 e. The van der Waals surface area contributed by atoms with Gasteiger partial charge in [-0.3, -0.25) is 4.79 Å². The molecule has 0 aliphatic carbocycles. The highest BCUT2D eigenvalue weighted by atomic mass is 16.1. The van der Waals surface area contributed by atoms with Crippen LogP contribution in [0, 0.1) is 0 Å². The van der Waals surface area contributed by atoms with E-state index < -0.39 is 5.54 Å². The molecule has 2 aromatic carbocycles. The SMILES string of the molecule is CC(C)(N)Cn1nc(-c2ccccc2)c2ccccc2c1=O. The molecule has 0 radical (unpaired) electrons. The second-order valence-electron chi connectivity index (χ2n) is 6.21. The Kier molecular flexibility index (Phi) is 3.54. The van der Waals surface area contributed by atoms with E-state index in [0.717, 1.165) is 16.6 Å². The number of nitrogens with two attached hydrogens (primary N) is 1. The fourth-order valence-corrected chi connectivity index (χ4v) is 2.54.